The van der Waals surface area contributed by atoms with Gasteiger partial charge in [-0.2, -0.15) is 0 Å². The van der Waals surface area contributed by atoms with Gasteiger partial charge >= 0.3 is 0 Å². The summed E-state index contributed by atoms with van der Waals surface area (Å²) in [4.78, 5) is 29.5. The van der Waals surface area contributed by atoms with Gasteiger partial charge in [0.1, 0.15) is 5.70 Å². The van der Waals surface area contributed by atoms with Crippen LogP contribution in [-0.4, -0.2) is 24.9 Å². The van der Waals surface area contributed by atoms with E-state index >= 15 is 0 Å². The predicted molar refractivity (Wildman–Crippen MR) is 145 cm³/mol. The van der Waals surface area contributed by atoms with Crippen molar-refractivity contribution >= 4 is 34.9 Å². The summed E-state index contributed by atoms with van der Waals surface area (Å²) in [7, 11) is 0. The summed E-state index contributed by atoms with van der Waals surface area (Å²) in [6.07, 6.45) is 4.17. The van der Waals surface area contributed by atoms with E-state index in [-0.39, 0.29) is 23.6 Å². The second kappa shape index (κ2) is 11.4. The van der Waals surface area contributed by atoms with Crippen LogP contribution in [0.1, 0.15) is 59.1 Å². The van der Waals surface area contributed by atoms with Crippen LogP contribution in [0.5, 0.6) is 0 Å². The van der Waals surface area contributed by atoms with Crippen molar-refractivity contribution in [3.8, 4) is 0 Å². The van der Waals surface area contributed by atoms with Gasteiger partial charge < -0.3 is 15.5 Å². The quantitative estimate of drug-likeness (QED) is 0.406. The first-order valence-corrected chi connectivity index (χ1v) is 13.1. The number of hydrogen-bond donors (Lipinski definition) is 2. The minimum Gasteiger partial charge on any atom is -0.372 e. The number of carbonyl (C=O) groups is 2. The number of anilines is 1. The number of aryl methyl sites for hydroxylation is 1. The lowest BCUT2D eigenvalue weighted by Crippen LogP contribution is -2.36. The summed E-state index contributed by atoms with van der Waals surface area (Å²) in [6, 6.07) is 19.4. The number of piperidine rings is 1. The summed E-state index contributed by atoms with van der Waals surface area (Å²) in [5.41, 5.74) is 3.88. The van der Waals surface area contributed by atoms with Gasteiger partial charge in [-0.15, -0.1) is 11.3 Å². The number of hydrogen-bond acceptors (Lipinski definition) is 4. The Morgan fingerprint density at radius 3 is 2.40 bits per heavy atom. The van der Waals surface area contributed by atoms with Crippen LogP contribution >= 0.6 is 11.3 Å². The second-order valence-corrected chi connectivity index (χ2v) is 10.3. The van der Waals surface area contributed by atoms with Gasteiger partial charge in [0, 0.05) is 29.2 Å². The fourth-order valence-corrected chi connectivity index (χ4v) is 4.95. The van der Waals surface area contributed by atoms with Gasteiger partial charge in [-0.25, -0.2) is 0 Å². The third-order valence-electron chi connectivity index (χ3n) is 6.60. The Kier molecular flexibility index (Phi) is 8.03. The molecule has 0 unspecified atom stereocenters. The highest BCUT2D eigenvalue weighted by molar-refractivity contribution is 7.10. The Bertz CT molecular complexity index is 1180. The number of benzene rings is 2. The van der Waals surface area contributed by atoms with Crippen molar-refractivity contribution in [2.24, 2.45) is 5.92 Å². The average molecular weight is 488 g/mol. The van der Waals surface area contributed by atoms with E-state index < -0.39 is 0 Å². The van der Waals surface area contributed by atoms with E-state index in [9.17, 15) is 9.59 Å². The minimum absolute atomic E-state index is 0.208. The molecule has 2 N–H and O–H groups in total. The highest BCUT2D eigenvalue weighted by Gasteiger charge is 2.19. The Labute approximate surface area is 211 Å². The molecule has 0 radical (unpaired) electrons. The van der Waals surface area contributed by atoms with Gasteiger partial charge in [0.2, 0.25) is 0 Å². The zero-order valence-corrected chi connectivity index (χ0v) is 21.4. The molecule has 5 nitrogen and oxygen atoms in total. The maximum absolute atomic E-state index is 13.3. The molecule has 0 aliphatic carbocycles. The number of carbonyl (C=O) groups excluding carboxylic acids is 2. The highest BCUT2D eigenvalue weighted by Crippen LogP contribution is 2.25. The maximum Gasteiger partial charge on any atom is 0.268 e. The molecule has 0 spiro atoms. The van der Waals surface area contributed by atoms with E-state index in [1.807, 2.05) is 49.6 Å². The van der Waals surface area contributed by atoms with Crippen molar-refractivity contribution in [3.63, 3.8) is 0 Å². The van der Waals surface area contributed by atoms with Crippen LogP contribution in [-0.2, 0) is 4.79 Å². The lowest BCUT2D eigenvalue weighted by atomic mass is 9.98. The van der Waals surface area contributed by atoms with E-state index in [1.165, 1.54) is 29.9 Å². The zero-order chi connectivity index (χ0) is 24.8. The Morgan fingerprint density at radius 2 is 1.74 bits per heavy atom. The number of thiophene rings is 1. The molecule has 182 valence electrons. The van der Waals surface area contributed by atoms with Gasteiger partial charge in [0.15, 0.2) is 0 Å². The topological polar surface area (TPSA) is 61.4 Å². The molecule has 4 rings (SSSR count). The molecule has 1 aliphatic heterocycles. The molecule has 35 heavy (non-hydrogen) atoms. The molecule has 1 saturated heterocycles. The molecular weight excluding hydrogens is 454 g/mol. The van der Waals surface area contributed by atoms with Crippen LogP contribution in [0.3, 0.4) is 0 Å². The van der Waals surface area contributed by atoms with E-state index in [0.29, 0.717) is 5.56 Å². The van der Waals surface area contributed by atoms with Gasteiger partial charge in [-0.3, -0.25) is 9.59 Å². The molecule has 6 heteroatoms. The van der Waals surface area contributed by atoms with E-state index in [0.717, 1.165) is 35.0 Å². The summed E-state index contributed by atoms with van der Waals surface area (Å²) >= 11 is 1.51. The first-order chi connectivity index (χ1) is 16.9. The summed E-state index contributed by atoms with van der Waals surface area (Å²) in [5.74, 6) is 0.180. The van der Waals surface area contributed by atoms with Crippen molar-refractivity contribution < 1.29 is 9.59 Å². The smallest absolute Gasteiger partial charge is 0.268 e. The molecule has 2 heterocycles. The van der Waals surface area contributed by atoms with Gasteiger partial charge in [-0.05, 0) is 79.5 Å². The van der Waals surface area contributed by atoms with Crippen LogP contribution in [0.15, 0.2) is 71.7 Å². The van der Waals surface area contributed by atoms with Crippen LogP contribution < -0.4 is 15.5 Å². The fraction of sp³-hybridized carbons (Fsp3) is 0.310. The third kappa shape index (κ3) is 6.40. The lowest BCUT2D eigenvalue weighted by molar-refractivity contribution is -0.118. The molecule has 2 aromatic carbocycles. The first-order valence-electron chi connectivity index (χ1n) is 12.2. The van der Waals surface area contributed by atoms with Crippen molar-refractivity contribution in [1.82, 2.24) is 10.6 Å². The third-order valence-corrected chi connectivity index (χ3v) is 7.42. The Hall–Kier alpha value is -3.38. The predicted octanol–water partition coefficient (Wildman–Crippen LogP) is 5.94. The largest absolute Gasteiger partial charge is 0.372 e. The molecule has 2 amide bonds. The number of nitrogens with zero attached hydrogens (tertiary/aromatic N) is 1. The Balaban J connectivity index is 1.46. The fourth-order valence-electron chi connectivity index (χ4n) is 4.29. The normalized spacial score (nSPS) is 15.5. The first kappa shape index (κ1) is 24.7. The van der Waals surface area contributed by atoms with Crippen LogP contribution in [0.2, 0.25) is 0 Å². The van der Waals surface area contributed by atoms with Crippen molar-refractivity contribution in [1.29, 1.82) is 0 Å². The summed E-state index contributed by atoms with van der Waals surface area (Å²) < 4.78 is 0. The molecule has 1 fully saturated rings. The minimum atomic E-state index is -0.318. The van der Waals surface area contributed by atoms with Crippen LogP contribution in [0.4, 0.5) is 5.69 Å². The van der Waals surface area contributed by atoms with Crippen molar-refractivity contribution in [2.75, 3.05) is 18.0 Å². The van der Waals surface area contributed by atoms with Crippen LogP contribution in [0.25, 0.3) is 6.08 Å². The van der Waals surface area contributed by atoms with Crippen molar-refractivity contribution in [2.45, 2.75) is 39.7 Å². The monoisotopic (exact) mass is 487 g/mol. The van der Waals surface area contributed by atoms with E-state index in [1.54, 1.807) is 12.1 Å². The van der Waals surface area contributed by atoms with Gasteiger partial charge in [-0.1, -0.05) is 43.3 Å². The van der Waals surface area contributed by atoms with Gasteiger partial charge in [0.05, 0.1) is 6.04 Å². The number of amides is 2. The zero-order valence-electron chi connectivity index (χ0n) is 20.6. The standard InChI is InChI=1S/C29H33N3O2S/c1-20-14-16-32(17-15-20)24-12-10-23(11-13-24)22(3)30-29(34)27(19-25-8-6-18-35-25)31-28(33)26-9-5-4-7-21(26)2/h4-13,18-20,22H,14-17H2,1-3H3,(H,30,34)(H,31,33)/b27-19-/t22-/m1/s1. The number of rotatable bonds is 7. The van der Waals surface area contributed by atoms with Gasteiger partial charge in [0.25, 0.3) is 11.8 Å². The lowest BCUT2D eigenvalue weighted by Gasteiger charge is -2.32. The molecule has 1 aliphatic rings. The van der Waals surface area contributed by atoms with E-state index in [2.05, 4.69) is 46.7 Å². The average Bonchev–Trinajstić information content (AvgIpc) is 3.37. The SMILES string of the molecule is Cc1ccccc1C(=O)N/C(=C\c1cccs1)C(=O)N[C@H](C)c1ccc(N2CCC(C)CC2)cc1. The van der Waals surface area contributed by atoms with Crippen molar-refractivity contribution in [3.05, 3.63) is 93.3 Å². The molecule has 1 aromatic heterocycles. The second-order valence-electron chi connectivity index (χ2n) is 9.30. The highest BCUT2D eigenvalue weighted by atomic mass is 32.1. The summed E-state index contributed by atoms with van der Waals surface area (Å²) in [5, 5.41) is 7.83. The molecule has 3 aromatic rings. The Morgan fingerprint density at radius 1 is 1.03 bits per heavy atom. The molecular formula is C29H33N3O2S. The molecule has 0 bridgehead atoms. The number of nitrogens with one attached hydrogen (secondary N) is 2. The summed E-state index contributed by atoms with van der Waals surface area (Å²) in [6.45, 7) is 8.33. The van der Waals surface area contributed by atoms with E-state index in [4.69, 9.17) is 0 Å². The van der Waals surface area contributed by atoms with Crippen LogP contribution in [0, 0.1) is 12.8 Å². The molecule has 1 atom stereocenters. The maximum atomic E-state index is 13.3. The molecule has 0 saturated carbocycles.